The molecule has 0 amide bonds. The second-order valence-electron chi connectivity index (χ2n) is 5.28. The Morgan fingerprint density at radius 3 is 2.36 bits per heavy atom. The fourth-order valence-electron chi connectivity index (χ4n) is 2.33. The molecule has 0 N–H and O–H groups in total. The minimum absolute atomic E-state index is 0.0999. The van der Waals surface area contributed by atoms with Gasteiger partial charge in [-0.2, -0.15) is 42.0 Å². The summed E-state index contributed by atoms with van der Waals surface area (Å²) in [5.74, 6) is 0. The van der Waals surface area contributed by atoms with E-state index in [-0.39, 0.29) is 16.2 Å². The van der Waals surface area contributed by atoms with Crippen molar-refractivity contribution in [2.45, 2.75) is 12.4 Å². The van der Waals surface area contributed by atoms with Gasteiger partial charge in [0.25, 0.3) is 0 Å². The van der Waals surface area contributed by atoms with Crippen LogP contribution in [-0.4, -0.2) is 14.6 Å². The molecule has 142 valence electrons. The zero-order valence-electron chi connectivity index (χ0n) is 13.3. The molecule has 0 bridgehead atoms. The van der Waals surface area contributed by atoms with Crippen LogP contribution in [0.4, 0.5) is 26.3 Å². The Balaban J connectivity index is 2.39. The zero-order chi connectivity index (χ0) is 20.7. The lowest BCUT2D eigenvalue weighted by Crippen LogP contribution is -2.18. The average molecular weight is 413 g/mol. The van der Waals surface area contributed by atoms with Crippen LogP contribution in [0.15, 0.2) is 23.6 Å². The Kier molecular flexibility index (Phi) is 4.61. The van der Waals surface area contributed by atoms with Crippen molar-refractivity contribution in [3.8, 4) is 12.1 Å². The second-order valence-corrected chi connectivity index (χ2v) is 6.26. The standard InChI is InChI=1S/C16H5F6N5S/c17-15(18,19)11-5-12(16(20,21)22)27-14(25-11)10(7-24)13(26-27)8(6-23)4-9-2-1-3-28-9/h1-5H. The van der Waals surface area contributed by atoms with Crippen molar-refractivity contribution in [3.63, 3.8) is 0 Å². The molecule has 28 heavy (non-hydrogen) atoms. The number of fused-ring (bicyclic) bond motifs is 1. The van der Waals surface area contributed by atoms with Crippen LogP contribution in [0.2, 0.25) is 0 Å². The average Bonchev–Trinajstić information content (AvgIpc) is 3.23. The first-order valence-electron chi connectivity index (χ1n) is 7.20. The number of thiophene rings is 1. The minimum atomic E-state index is -5.21. The van der Waals surface area contributed by atoms with E-state index in [1.54, 1.807) is 23.6 Å². The number of aromatic nitrogens is 3. The molecule has 0 spiro atoms. The summed E-state index contributed by atoms with van der Waals surface area (Å²) >= 11 is 1.21. The van der Waals surface area contributed by atoms with Gasteiger partial charge in [-0.1, -0.05) is 6.07 Å². The lowest BCUT2D eigenvalue weighted by molar-refractivity contribution is -0.148. The summed E-state index contributed by atoms with van der Waals surface area (Å²) in [6.45, 7) is 0. The van der Waals surface area contributed by atoms with Gasteiger partial charge in [0.15, 0.2) is 11.3 Å². The number of hydrogen-bond donors (Lipinski definition) is 0. The first-order chi connectivity index (χ1) is 13.1. The van der Waals surface area contributed by atoms with E-state index in [0.29, 0.717) is 4.88 Å². The SMILES string of the molecule is N#CC(=Cc1cccs1)c1nn2c(C(F)(F)F)cc(C(F)(F)F)nc2c1C#N. The molecule has 0 unspecified atom stereocenters. The molecule has 0 aliphatic carbocycles. The Morgan fingerprint density at radius 1 is 1.14 bits per heavy atom. The number of rotatable bonds is 2. The smallest absolute Gasteiger partial charge is 0.223 e. The highest BCUT2D eigenvalue weighted by Gasteiger charge is 2.41. The summed E-state index contributed by atoms with van der Waals surface area (Å²) in [6, 6.07) is 6.27. The van der Waals surface area contributed by atoms with E-state index in [1.165, 1.54) is 23.5 Å². The van der Waals surface area contributed by atoms with Crippen LogP contribution in [-0.2, 0) is 12.4 Å². The van der Waals surface area contributed by atoms with Gasteiger partial charge < -0.3 is 0 Å². The van der Waals surface area contributed by atoms with Crippen molar-refractivity contribution >= 4 is 28.6 Å². The van der Waals surface area contributed by atoms with Crippen molar-refractivity contribution in [1.29, 1.82) is 10.5 Å². The third-order valence-electron chi connectivity index (χ3n) is 3.49. The number of nitrogens with zero attached hydrogens (tertiary/aromatic N) is 5. The number of alkyl halides is 6. The molecule has 0 aromatic carbocycles. The van der Waals surface area contributed by atoms with Gasteiger partial charge in [-0.3, -0.25) is 0 Å². The van der Waals surface area contributed by atoms with Crippen LogP contribution >= 0.6 is 11.3 Å². The molecule has 3 aromatic heterocycles. The Labute approximate surface area is 156 Å². The van der Waals surface area contributed by atoms with Gasteiger partial charge in [-0.15, -0.1) is 11.3 Å². The van der Waals surface area contributed by atoms with Crippen LogP contribution in [0.3, 0.4) is 0 Å². The molecule has 3 heterocycles. The van der Waals surface area contributed by atoms with Crippen LogP contribution < -0.4 is 0 Å². The molecule has 0 saturated carbocycles. The quantitative estimate of drug-likeness (QED) is 0.448. The minimum Gasteiger partial charge on any atom is -0.223 e. The van der Waals surface area contributed by atoms with E-state index in [1.807, 2.05) is 0 Å². The molecule has 0 aliphatic rings. The fourth-order valence-corrected chi connectivity index (χ4v) is 2.98. The van der Waals surface area contributed by atoms with Crippen molar-refractivity contribution in [2.24, 2.45) is 0 Å². The highest BCUT2D eigenvalue weighted by molar-refractivity contribution is 7.10. The summed E-state index contributed by atoms with van der Waals surface area (Å²) < 4.78 is 79.0. The van der Waals surface area contributed by atoms with Crippen LogP contribution in [0.25, 0.3) is 17.3 Å². The fraction of sp³-hybridized carbons (Fsp3) is 0.125. The third kappa shape index (κ3) is 3.42. The van der Waals surface area contributed by atoms with E-state index in [2.05, 4.69) is 10.1 Å². The molecule has 0 saturated heterocycles. The summed E-state index contributed by atoms with van der Waals surface area (Å²) in [7, 11) is 0. The van der Waals surface area contributed by atoms with Gasteiger partial charge in [0.2, 0.25) is 0 Å². The van der Waals surface area contributed by atoms with Crippen LogP contribution in [0, 0.1) is 22.7 Å². The summed E-state index contributed by atoms with van der Waals surface area (Å²) in [4.78, 5) is 3.68. The van der Waals surface area contributed by atoms with Gasteiger partial charge in [-0.05, 0) is 23.6 Å². The van der Waals surface area contributed by atoms with Crippen LogP contribution in [0.5, 0.6) is 0 Å². The highest BCUT2D eigenvalue weighted by atomic mass is 32.1. The Hall–Kier alpha value is -3.38. The maximum atomic E-state index is 13.3. The largest absolute Gasteiger partial charge is 0.433 e. The van der Waals surface area contributed by atoms with Gasteiger partial charge in [0.1, 0.15) is 29.1 Å². The summed E-state index contributed by atoms with van der Waals surface area (Å²) in [5, 5.41) is 23.9. The Bertz CT molecular complexity index is 1160. The monoisotopic (exact) mass is 413 g/mol. The van der Waals surface area contributed by atoms with Gasteiger partial charge in [0.05, 0.1) is 5.57 Å². The first-order valence-corrected chi connectivity index (χ1v) is 8.08. The molecule has 0 radical (unpaired) electrons. The predicted octanol–water partition coefficient (Wildman–Crippen LogP) is 4.76. The number of hydrogen-bond acceptors (Lipinski definition) is 5. The maximum absolute atomic E-state index is 13.3. The molecular weight excluding hydrogens is 408 g/mol. The molecule has 5 nitrogen and oxygen atoms in total. The number of allylic oxidation sites excluding steroid dienone is 1. The van der Waals surface area contributed by atoms with Gasteiger partial charge in [-0.25, -0.2) is 9.50 Å². The Morgan fingerprint density at radius 2 is 1.86 bits per heavy atom. The van der Waals surface area contributed by atoms with Gasteiger partial charge >= 0.3 is 12.4 Å². The molecule has 12 heteroatoms. The molecule has 3 rings (SSSR count). The maximum Gasteiger partial charge on any atom is 0.433 e. The molecule has 3 aromatic rings. The lowest BCUT2D eigenvalue weighted by Gasteiger charge is -2.12. The normalized spacial score (nSPS) is 12.8. The molecule has 0 fully saturated rings. The topological polar surface area (TPSA) is 77.8 Å². The number of nitriles is 2. The van der Waals surface area contributed by atoms with Crippen molar-refractivity contribution < 1.29 is 26.3 Å². The predicted molar refractivity (Wildman–Crippen MR) is 85.5 cm³/mol. The highest BCUT2D eigenvalue weighted by Crippen LogP contribution is 2.36. The zero-order valence-corrected chi connectivity index (χ0v) is 14.1. The van der Waals surface area contributed by atoms with Crippen LogP contribution in [0.1, 0.15) is 27.5 Å². The molecular formula is C16H5F6N5S. The van der Waals surface area contributed by atoms with Crippen molar-refractivity contribution in [1.82, 2.24) is 14.6 Å². The van der Waals surface area contributed by atoms with E-state index < -0.39 is 40.6 Å². The summed E-state index contributed by atoms with van der Waals surface area (Å²) in [5.41, 5.74) is -5.97. The lowest BCUT2D eigenvalue weighted by atomic mass is 10.1. The summed E-state index contributed by atoms with van der Waals surface area (Å²) in [6.07, 6.45) is -9.11. The van der Waals surface area contributed by atoms with Crippen molar-refractivity contribution in [3.05, 3.63) is 51.1 Å². The first kappa shape index (κ1) is 19.4. The van der Waals surface area contributed by atoms with Gasteiger partial charge in [0, 0.05) is 4.88 Å². The second kappa shape index (κ2) is 6.65. The number of halogens is 6. The molecule has 0 atom stereocenters. The van der Waals surface area contributed by atoms with E-state index in [9.17, 15) is 36.9 Å². The van der Waals surface area contributed by atoms with Crippen molar-refractivity contribution in [2.75, 3.05) is 0 Å². The third-order valence-corrected chi connectivity index (χ3v) is 4.31. The van der Waals surface area contributed by atoms with E-state index in [0.717, 1.165) is 0 Å². The van der Waals surface area contributed by atoms with E-state index >= 15 is 0 Å². The van der Waals surface area contributed by atoms with E-state index in [4.69, 9.17) is 0 Å². The molecule has 0 aliphatic heterocycles.